The first-order chi connectivity index (χ1) is 7.11. The van der Waals surface area contributed by atoms with Crippen LogP contribution < -0.4 is 0 Å². The Morgan fingerprint density at radius 1 is 1.40 bits per heavy atom. The molecular weight excluding hydrogens is 198 g/mol. The van der Waals surface area contributed by atoms with Crippen molar-refractivity contribution in [1.29, 1.82) is 0 Å². The first kappa shape index (κ1) is 10.9. The molecule has 1 aromatic rings. The Morgan fingerprint density at radius 2 is 2.00 bits per heavy atom. The van der Waals surface area contributed by atoms with Crippen LogP contribution in [0.15, 0.2) is 42.1 Å². The fraction of sp³-hybridized carbons (Fsp3) is 0.100. The number of nitro groups is 1. The van der Waals surface area contributed by atoms with E-state index in [4.69, 9.17) is 5.11 Å². The highest BCUT2D eigenvalue weighted by molar-refractivity contribution is 5.83. The zero-order chi connectivity index (χ0) is 11.3. The van der Waals surface area contributed by atoms with Gasteiger partial charge in [0.15, 0.2) is 0 Å². The molecule has 1 N–H and O–H groups in total. The van der Waals surface area contributed by atoms with Gasteiger partial charge in [-0.25, -0.2) is 4.79 Å². The van der Waals surface area contributed by atoms with Gasteiger partial charge in [-0.1, -0.05) is 30.3 Å². The molecule has 1 aromatic carbocycles. The van der Waals surface area contributed by atoms with Gasteiger partial charge in [0.25, 0.3) is 0 Å². The Kier molecular flexibility index (Phi) is 3.56. The number of carboxylic acid groups (broad SMARTS) is 1. The molecule has 0 fully saturated rings. The van der Waals surface area contributed by atoms with Gasteiger partial charge in [-0.15, -0.1) is 0 Å². The summed E-state index contributed by atoms with van der Waals surface area (Å²) in [6.45, 7) is 0. The monoisotopic (exact) mass is 207 g/mol. The van der Waals surface area contributed by atoms with Crippen LogP contribution >= 0.6 is 0 Å². The Hall–Kier alpha value is -2.17. The van der Waals surface area contributed by atoms with E-state index in [1.165, 1.54) is 0 Å². The second-order valence-electron chi connectivity index (χ2n) is 2.84. The van der Waals surface area contributed by atoms with Crippen molar-refractivity contribution in [2.45, 2.75) is 6.42 Å². The molecule has 0 aromatic heterocycles. The molecule has 15 heavy (non-hydrogen) atoms. The minimum atomic E-state index is -1.52. The maximum absolute atomic E-state index is 10.5. The number of allylic oxidation sites excluding steroid dienone is 1. The molecule has 0 unspecified atom stereocenters. The standard InChI is InChI=1S/C10H9NO4/c12-10(13)9(11(14)15)7-6-8-4-2-1-3-5-8/h1-5,7H,6H2,(H,12,13). The van der Waals surface area contributed by atoms with Crippen molar-refractivity contribution in [3.05, 3.63) is 57.8 Å². The molecule has 0 amide bonds. The van der Waals surface area contributed by atoms with Crippen LogP contribution in [0.2, 0.25) is 0 Å². The summed E-state index contributed by atoms with van der Waals surface area (Å²) in [4.78, 5) is 19.9. The van der Waals surface area contributed by atoms with E-state index in [0.29, 0.717) is 0 Å². The number of carboxylic acids is 1. The van der Waals surface area contributed by atoms with E-state index in [9.17, 15) is 14.9 Å². The average Bonchev–Trinajstić information content (AvgIpc) is 2.18. The van der Waals surface area contributed by atoms with E-state index in [-0.39, 0.29) is 6.42 Å². The van der Waals surface area contributed by atoms with Gasteiger partial charge in [-0.3, -0.25) is 10.1 Å². The quantitative estimate of drug-likeness (QED) is 0.460. The van der Waals surface area contributed by atoms with Gasteiger partial charge in [0.05, 0.1) is 4.92 Å². The summed E-state index contributed by atoms with van der Waals surface area (Å²) in [7, 11) is 0. The van der Waals surface area contributed by atoms with Gasteiger partial charge in [0.2, 0.25) is 0 Å². The number of carbonyl (C=O) groups is 1. The maximum Gasteiger partial charge on any atom is 0.407 e. The minimum absolute atomic E-state index is 0.240. The van der Waals surface area contributed by atoms with Crippen molar-refractivity contribution in [2.24, 2.45) is 0 Å². The molecule has 0 radical (unpaired) electrons. The second kappa shape index (κ2) is 4.90. The average molecular weight is 207 g/mol. The lowest BCUT2D eigenvalue weighted by Crippen LogP contribution is -2.10. The van der Waals surface area contributed by atoms with Crippen LogP contribution in [-0.4, -0.2) is 16.0 Å². The Morgan fingerprint density at radius 3 is 2.47 bits per heavy atom. The molecule has 0 spiro atoms. The van der Waals surface area contributed by atoms with Crippen molar-refractivity contribution in [1.82, 2.24) is 0 Å². The van der Waals surface area contributed by atoms with E-state index in [2.05, 4.69) is 0 Å². The molecule has 0 atom stereocenters. The highest BCUT2D eigenvalue weighted by Gasteiger charge is 2.19. The number of hydrogen-bond acceptors (Lipinski definition) is 3. The largest absolute Gasteiger partial charge is 0.473 e. The highest BCUT2D eigenvalue weighted by atomic mass is 16.6. The molecule has 0 aliphatic heterocycles. The topological polar surface area (TPSA) is 80.4 Å². The van der Waals surface area contributed by atoms with Crippen molar-refractivity contribution >= 4 is 5.97 Å². The molecule has 0 aliphatic rings. The lowest BCUT2D eigenvalue weighted by atomic mass is 10.1. The van der Waals surface area contributed by atoms with Gasteiger partial charge in [-0.05, 0) is 12.0 Å². The van der Waals surface area contributed by atoms with E-state index in [1.54, 1.807) is 24.3 Å². The number of hydrogen-bond donors (Lipinski definition) is 1. The van der Waals surface area contributed by atoms with Gasteiger partial charge in [0.1, 0.15) is 0 Å². The zero-order valence-corrected chi connectivity index (χ0v) is 7.79. The number of benzene rings is 1. The van der Waals surface area contributed by atoms with Crippen LogP contribution in [0.3, 0.4) is 0 Å². The first-order valence-electron chi connectivity index (χ1n) is 4.23. The lowest BCUT2D eigenvalue weighted by molar-refractivity contribution is -0.421. The smallest absolute Gasteiger partial charge is 0.407 e. The van der Waals surface area contributed by atoms with Crippen molar-refractivity contribution in [3.8, 4) is 0 Å². The summed E-state index contributed by atoms with van der Waals surface area (Å²) in [6.07, 6.45) is 1.33. The molecule has 0 saturated carbocycles. The van der Waals surface area contributed by atoms with Crippen molar-refractivity contribution in [3.63, 3.8) is 0 Å². The van der Waals surface area contributed by atoms with Crippen LogP contribution in [0, 0.1) is 10.1 Å². The van der Waals surface area contributed by atoms with Crippen LogP contribution in [0.25, 0.3) is 0 Å². The van der Waals surface area contributed by atoms with Crippen LogP contribution in [0.5, 0.6) is 0 Å². The van der Waals surface area contributed by atoms with E-state index in [0.717, 1.165) is 11.6 Å². The molecule has 5 heteroatoms. The van der Waals surface area contributed by atoms with Gasteiger partial charge in [0, 0.05) is 6.08 Å². The second-order valence-corrected chi connectivity index (χ2v) is 2.84. The fourth-order valence-corrected chi connectivity index (χ4v) is 1.07. The predicted molar refractivity (Wildman–Crippen MR) is 52.9 cm³/mol. The fourth-order valence-electron chi connectivity index (χ4n) is 1.07. The van der Waals surface area contributed by atoms with E-state index >= 15 is 0 Å². The summed E-state index contributed by atoms with van der Waals surface area (Å²) in [5.41, 5.74) is 0.0388. The van der Waals surface area contributed by atoms with Gasteiger partial charge in [-0.2, -0.15) is 0 Å². The van der Waals surface area contributed by atoms with Crippen molar-refractivity contribution < 1.29 is 14.8 Å². The molecular formula is C10H9NO4. The molecule has 1 rings (SSSR count). The van der Waals surface area contributed by atoms with E-state index in [1.807, 2.05) is 6.07 Å². The molecule has 78 valence electrons. The predicted octanol–water partition coefficient (Wildman–Crippen LogP) is 1.47. The third-order valence-electron chi connectivity index (χ3n) is 1.79. The van der Waals surface area contributed by atoms with Gasteiger partial charge >= 0.3 is 11.7 Å². The molecule has 0 saturated heterocycles. The third kappa shape index (κ3) is 3.22. The SMILES string of the molecule is O=C(O)C(=CCc1ccccc1)[N+](=O)[O-]. The molecule has 0 heterocycles. The van der Waals surface area contributed by atoms with Crippen LogP contribution in [-0.2, 0) is 11.2 Å². The molecule has 0 bridgehead atoms. The first-order valence-corrected chi connectivity index (χ1v) is 4.23. The molecule has 5 nitrogen and oxygen atoms in total. The highest BCUT2D eigenvalue weighted by Crippen LogP contribution is 2.04. The number of aliphatic carboxylic acids is 1. The normalized spacial score (nSPS) is 11.1. The summed E-state index contributed by atoms with van der Waals surface area (Å²) < 4.78 is 0. The van der Waals surface area contributed by atoms with E-state index < -0.39 is 16.6 Å². The van der Waals surface area contributed by atoms with Crippen molar-refractivity contribution in [2.75, 3.05) is 0 Å². The summed E-state index contributed by atoms with van der Waals surface area (Å²) in [5, 5.41) is 18.8. The summed E-state index contributed by atoms with van der Waals surface area (Å²) in [6, 6.07) is 8.94. The minimum Gasteiger partial charge on any atom is -0.473 e. The molecule has 0 aliphatic carbocycles. The Balaban J connectivity index is 2.79. The Labute approximate surface area is 85.8 Å². The summed E-state index contributed by atoms with van der Waals surface area (Å²) in [5.74, 6) is -1.52. The lowest BCUT2D eigenvalue weighted by Gasteiger charge is -1.94. The maximum atomic E-state index is 10.5. The van der Waals surface area contributed by atoms with Crippen LogP contribution in [0.1, 0.15) is 5.56 Å². The summed E-state index contributed by atoms with van der Waals surface area (Å²) >= 11 is 0. The number of nitrogens with zero attached hydrogens (tertiary/aromatic N) is 1. The van der Waals surface area contributed by atoms with Gasteiger partial charge < -0.3 is 5.11 Å². The zero-order valence-electron chi connectivity index (χ0n) is 7.79. The number of rotatable bonds is 4. The van der Waals surface area contributed by atoms with Crippen LogP contribution in [0.4, 0.5) is 0 Å². The Bertz CT molecular complexity index is 381. The third-order valence-corrected chi connectivity index (χ3v) is 1.79.